The molecule has 3 nitrogen and oxygen atoms in total. The van der Waals surface area contributed by atoms with E-state index in [0.717, 1.165) is 13.1 Å². The molecule has 0 unspecified atom stereocenters. The van der Waals surface area contributed by atoms with E-state index in [1.54, 1.807) is 6.08 Å². The highest BCUT2D eigenvalue weighted by Gasteiger charge is 2.35. The van der Waals surface area contributed by atoms with Crippen LogP contribution in [0, 0.1) is 5.41 Å². The van der Waals surface area contributed by atoms with Crippen LogP contribution in [0.3, 0.4) is 0 Å². The van der Waals surface area contributed by atoms with Gasteiger partial charge in [-0.1, -0.05) is 6.08 Å². The van der Waals surface area contributed by atoms with Crippen LogP contribution < -0.4 is 5.32 Å². The molecule has 2 N–H and O–H groups in total. The SMILES string of the molecule is C=CC1(CC(=O)O)CNC1. The second-order valence-electron chi connectivity index (χ2n) is 2.74. The molecular formula is C7H11NO2. The van der Waals surface area contributed by atoms with Gasteiger partial charge in [0.05, 0.1) is 6.42 Å². The second kappa shape index (κ2) is 2.42. The fourth-order valence-electron chi connectivity index (χ4n) is 1.09. The average molecular weight is 141 g/mol. The summed E-state index contributed by atoms with van der Waals surface area (Å²) in [5, 5.41) is 11.5. The average Bonchev–Trinajstić information content (AvgIpc) is 1.78. The molecule has 1 saturated heterocycles. The monoisotopic (exact) mass is 141 g/mol. The molecule has 10 heavy (non-hydrogen) atoms. The van der Waals surface area contributed by atoms with E-state index in [1.807, 2.05) is 0 Å². The zero-order valence-electron chi connectivity index (χ0n) is 5.76. The summed E-state index contributed by atoms with van der Waals surface area (Å²) in [6, 6.07) is 0. The molecule has 1 rings (SSSR count). The quantitative estimate of drug-likeness (QED) is 0.553. The summed E-state index contributed by atoms with van der Waals surface area (Å²) in [7, 11) is 0. The molecule has 0 saturated carbocycles. The number of nitrogens with one attached hydrogen (secondary N) is 1. The molecule has 0 atom stereocenters. The van der Waals surface area contributed by atoms with Crippen LogP contribution in [0.5, 0.6) is 0 Å². The van der Waals surface area contributed by atoms with Gasteiger partial charge < -0.3 is 10.4 Å². The highest BCUT2D eigenvalue weighted by atomic mass is 16.4. The Labute approximate surface area is 59.7 Å². The molecule has 0 radical (unpaired) electrons. The summed E-state index contributed by atoms with van der Waals surface area (Å²) in [5.74, 6) is -0.749. The van der Waals surface area contributed by atoms with Crippen molar-refractivity contribution in [2.24, 2.45) is 5.41 Å². The van der Waals surface area contributed by atoms with Gasteiger partial charge in [-0.25, -0.2) is 0 Å². The van der Waals surface area contributed by atoms with Gasteiger partial charge in [-0.3, -0.25) is 4.79 Å². The summed E-state index contributed by atoms with van der Waals surface area (Å²) in [6.45, 7) is 5.11. The third kappa shape index (κ3) is 1.19. The van der Waals surface area contributed by atoms with Crippen LogP contribution in [0.4, 0.5) is 0 Å². The lowest BCUT2D eigenvalue weighted by Crippen LogP contribution is -2.53. The van der Waals surface area contributed by atoms with E-state index in [0.29, 0.717) is 0 Å². The Morgan fingerprint density at radius 3 is 2.50 bits per heavy atom. The van der Waals surface area contributed by atoms with E-state index in [9.17, 15) is 4.79 Å². The zero-order valence-corrected chi connectivity index (χ0v) is 5.76. The van der Waals surface area contributed by atoms with Crippen LogP contribution in [0.25, 0.3) is 0 Å². The van der Waals surface area contributed by atoms with Gasteiger partial charge in [0, 0.05) is 18.5 Å². The molecular weight excluding hydrogens is 130 g/mol. The highest BCUT2D eigenvalue weighted by Crippen LogP contribution is 2.27. The number of carbonyl (C=O) groups is 1. The maximum atomic E-state index is 10.3. The molecule has 0 aromatic carbocycles. The van der Waals surface area contributed by atoms with E-state index in [4.69, 9.17) is 5.11 Å². The largest absolute Gasteiger partial charge is 0.481 e. The highest BCUT2D eigenvalue weighted by molar-refractivity contribution is 5.68. The normalized spacial score (nSPS) is 21.2. The first kappa shape index (κ1) is 7.28. The Balaban J connectivity index is 2.48. The minimum Gasteiger partial charge on any atom is -0.481 e. The standard InChI is InChI=1S/C7H11NO2/c1-2-7(3-6(9)10)4-8-5-7/h2,8H,1,3-5H2,(H,9,10). The van der Waals surface area contributed by atoms with Gasteiger partial charge in [0.2, 0.25) is 0 Å². The first-order valence-electron chi connectivity index (χ1n) is 3.25. The molecule has 0 bridgehead atoms. The third-order valence-corrected chi connectivity index (χ3v) is 1.89. The first-order valence-corrected chi connectivity index (χ1v) is 3.25. The fraction of sp³-hybridized carbons (Fsp3) is 0.571. The molecule has 1 aliphatic heterocycles. The zero-order chi connectivity index (χ0) is 7.61. The fourth-order valence-corrected chi connectivity index (χ4v) is 1.09. The molecule has 1 fully saturated rings. The van der Waals surface area contributed by atoms with Crippen molar-refractivity contribution in [1.82, 2.24) is 5.32 Å². The molecule has 0 amide bonds. The van der Waals surface area contributed by atoms with Gasteiger partial charge in [0.15, 0.2) is 0 Å². The molecule has 56 valence electrons. The lowest BCUT2D eigenvalue weighted by Gasteiger charge is -2.38. The smallest absolute Gasteiger partial charge is 0.304 e. The number of rotatable bonds is 3. The lowest BCUT2D eigenvalue weighted by molar-refractivity contribution is -0.139. The number of carboxylic acid groups (broad SMARTS) is 1. The molecule has 3 heteroatoms. The Morgan fingerprint density at radius 2 is 2.40 bits per heavy atom. The molecule has 1 heterocycles. The summed E-state index contributed by atoms with van der Waals surface area (Å²) in [4.78, 5) is 10.3. The summed E-state index contributed by atoms with van der Waals surface area (Å²) in [6.07, 6.45) is 1.93. The summed E-state index contributed by atoms with van der Waals surface area (Å²) < 4.78 is 0. The number of hydrogen-bond acceptors (Lipinski definition) is 2. The van der Waals surface area contributed by atoms with E-state index >= 15 is 0 Å². The predicted molar refractivity (Wildman–Crippen MR) is 37.8 cm³/mol. The topological polar surface area (TPSA) is 49.3 Å². The Hall–Kier alpha value is -0.830. The van der Waals surface area contributed by atoms with Crippen molar-refractivity contribution < 1.29 is 9.90 Å². The van der Waals surface area contributed by atoms with E-state index in [-0.39, 0.29) is 11.8 Å². The van der Waals surface area contributed by atoms with E-state index in [1.165, 1.54) is 0 Å². The number of carboxylic acids is 1. The van der Waals surface area contributed by atoms with Gasteiger partial charge in [-0.2, -0.15) is 0 Å². The van der Waals surface area contributed by atoms with Crippen LogP contribution >= 0.6 is 0 Å². The Kier molecular flexibility index (Phi) is 1.76. The Bertz CT molecular complexity index is 161. The minimum absolute atomic E-state index is 0.161. The molecule has 1 aliphatic rings. The second-order valence-corrected chi connectivity index (χ2v) is 2.74. The first-order chi connectivity index (χ1) is 4.68. The van der Waals surface area contributed by atoms with Crippen molar-refractivity contribution in [3.8, 4) is 0 Å². The molecule has 0 aromatic heterocycles. The van der Waals surface area contributed by atoms with Gasteiger partial charge in [-0.15, -0.1) is 6.58 Å². The van der Waals surface area contributed by atoms with Crippen LogP contribution in [0.1, 0.15) is 6.42 Å². The van der Waals surface area contributed by atoms with Crippen molar-refractivity contribution in [1.29, 1.82) is 0 Å². The molecule has 0 spiro atoms. The van der Waals surface area contributed by atoms with E-state index < -0.39 is 5.97 Å². The van der Waals surface area contributed by atoms with Gasteiger partial charge in [0.1, 0.15) is 0 Å². The van der Waals surface area contributed by atoms with E-state index in [2.05, 4.69) is 11.9 Å². The van der Waals surface area contributed by atoms with Crippen molar-refractivity contribution >= 4 is 5.97 Å². The van der Waals surface area contributed by atoms with Gasteiger partial charge in [0.25, 0.3) is 0 Å². The summed E-state index contributed by atoms with van der Waals surface area (Å²) in [5.41, 5.74) is -0.161. The summed E-state index contributed by atoms with van der Waals surface area (Å²) >= 11 is 0. The van der Waals surface area contributed by atoms with Gasteiger partial charge >= 0.3 is 5.97 Å². The van der Waals surface area contributed by atoms with Gasteiger partial charge in [-0.05, 0) is 0 Å². The lowest BCUT2D eigenvalue weighted by atomic mass is 9.79. The van der Waals surface area contributed by atoms with Crippen LogP contribution in [-0.4, -0.2) is 24.2 Å². The maximum Gasteiger partial charge on any atom is 0.304 e. The van der Waals surface area contributed by atoms with Crippen molar-refractivity contribution in [2.45, 2.75) is 6.42 Å². The third-order valence-electron chi connectivity index (χ3n) is 1.89. The molecule has 0 aromatic rings. The minimum atomic E-state index is -0.749. The van der Waals surface area contributed by atoms with Crippen molar-refractivity contribution in [3.05, 3.63) is 12.7 Å². The van der Waals surface area contributed by atoms with Crippen LogP contribution in [0.2, 0.25) is 0 Å². The van der Waals surface area contributed by atoms with Crippen LogP contribution in [0.15, 0.2) is 12.7 Å². The number of hydrogen-bond donors (Lipinski definition) is 2. The Morgan fingerprint density at radius 1 is 1.80 bits per heavy atom. The maximum absolute atomic E-state index is 10.3. The predicted octanol–water partition coefficient (Wildman–Crippen LogP) is 0.237. The molecule has 0 aliphatic carbocycles. The number of aliphatic carboxylic acids is 1. The van der Waals surface area contributed by atoms with Crippen molar-refractivity contribution in [3.63, 3.8) is 0 Å². The van der Waals surface area contributed by atoms with Crippen molar-refractivity contribution in [2.75, 3.05) is 13.1 Å². The van der Waals surface area contributed by atoms with Crippen LogP contribution in [-0.2, 0) is 4.79 Å².